The van der Waals surface area contributed by atoms with Crippen molar-refractivity contribution in [1.82, 2.24) is 14.6 Å². The highest BCUT2D eigenvalue weighted by molar-refractivity contribution is 7.92. The van der Waals surface area contributed by atoms with Gasteiger partial charge in [0.05, 0.1) is 16.4 Å². The van der Waals surface area contributed by atoms with Crippen molar-refractivity contribution in [1.29, 1.82) is 0 Å². The maximum atomic E-state index is 12.3. The first-order valence-corrected chi connectivity index (χ1v) is 10.1. The topological polar surface area (TPSA) is 97.3 Å². The van der Waals surface area contributed by atoms with Gasteiger partial charge in [0.25, 0.3) is 0 Å². The molecule has 1 aromatic heterocycles. The first kappa shape index (κ1) is 16.5. The van der Waals surface area contributed by atoms with Crippen LogP contribution >= 0.6 is 0 Å². The lowest BCUT2D eigenvalue weighted by molar-refractivity contribution is 0.562. The molecule has 1 aliphatic rings. The van der Waals surface area contributed by atoms with Gasteiger partial charge in [-0.25, -0.2) is 21.6 Å². The predicted molar refractivity (Wildman–Crippen MR) is 80.2 cm³/mol. The maximum Gasteiger partial charge on any atom is 0.242 e. The van der Waals surface area contributed by atoms with Gasteiger partial charge in [0.2, 0.25) is 10.0 Å². The van der Waals surface area contributed by atoms with E-state index in [1.807, 2.05) is 6.92 Å². The Morgan fingerprint density at radius 2 is 2.14 bits per heavy atom. The van der Waals surface area contributed by atoms with Gasteiger partial charge in [0.15, 0.2) is 9.84 Å². The van der Waals surface area contributed by atoms with Gasteiger partial charge in [-0.05, 0) is 19.0 Å². The molecule has 1 unspecified atom stereocenters. The summed E-state index contributed by atoms with van der Waals surface area (Å²) in [6, 6.07) is 1.08. The van der Waals surface area contributed by atoms with Crippen molar-refractivity contribution < 1.29 is 16.8 Å². The van der Waals surface area contributed by atoms with Crippen LogP contribution in [0, 0.1) is 0 Å². The van der Waals surface area contributed by atoms with Crippen molar-refractivity contribution >= 4 is 19.9 Å². The van der Waals surface area contributed by atoms with Crippen molar-refractivity contribution in [2.24, 2.45) is 7.05 Å². The molecule has 0 spiro atoms. The van der Waals surface area contributed by atoms with E-state index in [0.717, 1.165) is 12.2 Å². The first-order valence-electron chi connectivity index (χ1n) is 6.82. The lowest BCUT2D eigenvalue weighted by Gasteiger charge is -2.10. The number of sulfone groups is 1. The van der Waals surface area contributed by atoms with E-state index in [0.29, 0.717) is 13.0 Å². The van der Waals surface area contributed by atoms with Gasteiger partial charge in [0, 0.05) is 31.5 Å². The first-order chi connectivity index (χ1) is 9.73. The van der Waals surface area contributed by atoms with E-state index in [2.05, 4.69) is 10.0 Å². The Labute approximate surface area is 125 Å². The minimum Gasteiger partial charge on any atom is -0.352 e. The fourth-order valence-electron chi connectivity index (χ4n) is 2.33. The van der Waals surface area contributed by atoms with Crippen LogP contribution in [0.3, 0.4) is 0 Å². The monoisotopic (exact) mass is 335 g/mol. The molecule has 120 valence electrons. The molecule has 0 aliphatic carbocycles. The number of rotatable bonds is 6. The summed E-state index contributed by atoms with van der Waals surface area (Å²) in [7, 11) is -5.01. The molecule has 1 aliphatic heterocycles. The van der Waals surface area contributed by atoms with E-state index in [9.17, 15) is 16.8 Å². The molecule has 9 heteroatoms. The number of hydrogen-bond acceptors (Lipinski definition) is 5. The Morgan fingerprint density at radius 3 is 2.71 bits per heavy atom. The second-order valence-corrected chi connectivity index (χ2v) is 9.22. The normalized spacial score (nSPS) is 21.7. The Morgan fingerprint density at radius 1 is 1.43 bits per heavy atom. The third kappa shape index (κ3) is 4.06. The van der Waals surface area contributed by atoms with Gasteiger partial charge < -0.3 is 9.88 Å². The molecule has 0 aromatic carbocycles. The zero-order valence-electron chi connectivity index (χ0n) is 12.2. The average Bonchev–Trinajstić information content (AvgIpc) is 2.90. The van der Waals surface area contributed by atoms with Crippen molar-refractivity contribution in [2.75, 3.05) is 18.1 Å². The summed E-state index contributed by atoms with van der Waals surface area (Å²) in [5.41, 5.74) is 0.858. The molecule has 1 fully saturated rings. The molecule has 0 amide bonds. The summed E-state index contributed by atoms with van der Waals surface area (Å²) in [5.74, 6) is -0.0794. The van der Waals surface area contributed by atoms with Crippen LogP contribution in [0.15, 0.2) is 17.2 Å². The molecule has 2 heterocycles. The van der Waals surface area contributed by atoms with Gasteiger partial charge in [-0.15, -0.1) is 0 Å². The second-order valence-electron chi connectivity index (χ2n) is 5.28. The van der Waals surface area contributed by atoms with Crippen LogP contribution in [0.25, 0.3) is 0 Å². The van der Waals surface area contributed by atoms with Crippen molar-refractivity contribution in [2.45, 2.75) is 30.8 Å². The third-order valence-electron chi connectivity index (χ3n) is 3.50. The summed E-state index contributed by atoms with van der Waals surface area (Å²) in [4.78, 5) is 0.169. The molecule has 2 N–H and O–H groups in total. The molecule has 1 aromatic rings. The van der Waals surface area contributed by atoms with Gasteiger partial charge >= 0.3 is 0 Å². The van der Waals surface area contributed by atoms with E-state index in [-0.39, 0.29) is 16.4 Å². The van der Waals surface area contributed by atoms with Crippen LogP contribution < -0.4 is 10.0 Å². The highest BCUT2D eigenvalue weighted by atomic mass is 32.2. The fraction of sp³-hybridized carbons (Fsp3) is 0.667. The zero-order chi connectivity index (χ0) is 15.7. The van der Waals surface area contributed by atoms with E-state index >= 15 is 0 Å². The summed E-state index contributed by atoms with van der Waals surface area (Å²) >= 11 is 0. The van der Waals surface area contributed by atoms with Crippen molar-refractivity contribution in [3.05, 3.63) is 18.0 Å². The Kier molecular flexibility index (Phi) is 4.76. The highest BCUT2D eigenvalue weighted by Gasteiger charge is 2.31. The Balaban J connectivity index is 2.13. The third-order valence-corrected chi connectivity index (χ3v) is 6.76. The molecule has 2 rings (SSSR count). The van der Waals surface area contributed by atoms with E-state index in [4.69, 9.17) is 0 Å². The molecule has 1 saturated heterocycles. The second kappa shape index (κ2) is 6.07. The maximum absolute atomic E-state index is 12.3. The van der Waals surface area contributed by atoms with Crippen LogP contribution in [0.5, 0.6) is 0 Å². The number of hydrogen-bond donors (Lipinski definition) is 2. The van der Waals surface area contributed by atoms with Gasteiger partial charge in [-0.2, -0.15) is 0 Å². The predicted octanol–water partition coefficient (Wildman–Crippen LogP) is -0.400. The summed E-state index contributed by atoms with van der Waals surface area (Å²) < 4.78 is 51.6. The number of sulfonamides is 1. The Bertz CT molecular complexity index is 707. The molecule has 0 saturated carbocycles. The van der Waals surface area contributed by atoms with Crippen LogP contribution in [-0.4, -0.2) is 45.5 Å². The van der Waals surface area contributed by atoms with Gasteiger partial charge in [-0.3, -0.25) is 0 Å². The van der Waals surface area contributed by atoms with Crippen molar-refractivity contribution in [3.63, 3.8) is 0 Å². The van der Waals surface area contributed by atoms with E-state index in [1.165, 1.54) is 0 Å². The SMILES string of the molecule is CCNCc1cc(S(=O)(=O)NC2CCS(=O)(=O)C2)cn1C. The number of aromatic nitrogens is 1. The number of aryl methyl sites for hydroxylation is 1. The zero-order valence-corrected chi connectivity index (χ0v) is 13.8. The summed E-state index contributed by atoms with van der Waals surface area (Å²) in [6.07, 6.45) is 1.87. The Hall–Kier alpha value is -0.900. The number of nitrogens with zero attached hydrogens (tertiary/aromatic N) is 1. The van der Waals surface area contributed by atoms with Crippen LogP contribution in [0.1, 0.15) is 19.0 Å². The standard InChI is InChI=1S/C12H21N3O4S2/c1-3-13-7-11-6-12(8-15(11)2)21(18,19)14-10-4-5-20(16,17)9-10/h6,8,10,13-14H,3-5,7,9H2,1-2H3. The summed E-state index contributed by atoms with van der Waals surface area (Å²) in [6.45, 7) is 3.36. The van der Waals surface area contributed by atoms with Gasteiger partial charge in [0.1, 0.15) is 0 Å². The molecule has 7 nitrogen and oxygen atoms in total. The smallest absolute Gasteiger partial charge is 0.242 e. The number of nitrogens with one attached hydrogen (secondary N) is 2. The molecular formula is C12H21N3O4S2. The minimum absolute atomic E-state index is 0.0423. The largest absolute Gasteiger partial charge is 0.352 e. The highest BCUT2D eigenvalue weighted by Crippen LogP contribution is 2.17. The lowest BCUT2D eigenvalue weighted by Crippen LogP contribution is -2.35. The van der Waals surface area contributed by atoms with Crippen molar-refractivity contribution in [3.8, 4) is 0 Å². The van der Waals surface area contributed by atoms with E-state index < -0.39 is 25.9 Å². The molecule has 0 radical (unpaired) electrons. The lowest BCUT2D eigenvalue weighted by atomic mass is 10.3. The minimum atomic E-state index is -3.68. The van der Waals surface area contributed by atoms with Crippen LogP contribution in [0.4, 0.5) is 0 Å². The quantitative estimate of drug-likeness (QED) is 0.737. The molecule has 1 atom stereocenters. The average molecular weight is 335 g/mol. The van der Waals surface area contributed by atoms with Gasteiger partial charge in [-0.1, -0.05) is 6.92 Å². The molecule has 21 heavy (non-hydrogen) atoms. The van der Waals surface area contributed by atoms with Crippen LogP contribution in [0.2, 0.25) is 0 Å². The van der Waals surface area contributed by atoms with Crippen LogP contribution in [-0.2, 0) is 33.5 Å². The fourth-order valence-corrected chi connectivity index (χ4v) is 5.47. The molecular weight excluding hydrogens is 314 g/mol. The van der Waals surface area contributed by atoms with E-state index in [1.54, 1.807) is 23.9 Å². The molecule has 0 bridgehead atoms. The summed E-state index contributed by atoms with van der Waals surface area (Å²) in [5, 5.41) is 3.14.